The van der Waals surface area contributed by atoms with Crippen molar-refractivity contribution < 1.29 is 4.79 Å². The number of nitrogens with two attached hydrogens (primary N) is 2. The van der Waals surface area contributed by atoms with Gasteiger partial charge < -0.3 is 11.5 Å². The van der Waals surface area contributed by atoms with Crippen molar-refractivity contribution in [3.63, 3.8) is 0 Å². The van der Waals surface area contributed by atoms with Gasteiger partial charge in [-0.2, -0.15) is 0 Å². The second-order valence-electron chi connectivity index (χ2n) is 3.23. The molecule has 1 rings (SSSR count). The molecule has 0 saturated heterocycles. The molecule has 5 N–H and O–H groups in total. The van der Waals surface area contributed by atoms with Gasteiger partial charge >= 0.3 is 5.69 Å². The first kappa shape index (κ1) is 11.2. The molecular formula is C8H12N4O3. The number of rotatable bonds is 3. The Balaban J connectivity index is 3.06. The van der Waals surface area contributed by atoms with Crippen LogP contribution in [0.15, 0.2) is 15.8 Å². The Hall–Kier alpha value is -1.89. The minimum Gasteiger partial charge on any atom is -0.368 e. The molecule has 1 aromatic rings. The van der Waals surface area contributed by atoms with Crippen LogP contribution in [0.5, 0.6) is 0 Å². The van der Waals surface area contributed by atoms with Gasteiger partial charge in [0.15, 0.2) is 0 Å². The van der Waals surface area contributed by atoms with Gasteiger partial charge in [-0.25, -0.2) is 4.79 Å². The number of aromatic nitrogens is 2. The highest BCUT2D eigenvalue weighted by atomic mass is 16.2. The topological polar surface area (TPSA) is 124 Å². The normalized spacial score (nSPS) is 12.4. The average Bonchev–Trinajstić information content (AvgIpc) is 2.13. The van der Waals surface area contributed by atoms with E-state index < -0.39 is 23.2 Å². The van der Waals surface area contributed by atoms with E-state index in [1.165, 1.54) is 6.20 Å². The van der Waals surface area contributed by atoms with Gasteiger partial charge in [-0.3, -0.25) is 19.1 Å². The van der Waals surface area contributed by atoms with E-state index >= 15 is 0 Å². The van der Waals surface area contributed by atoms with Gasteiger partial charge in [-0.1, -0.05) is 0 Å². The number of aromatic amines is 1. The van der Waals surface area contributed by atoms with Crippen molar-refractivity contribution >= 4 is 5.91 Å². The predicted octanol–water partition coefficient (Wildman–Crippen LogP) is -2.34. The van der Waals surface area contributed by atoms with Crippen LogP contribution in [0.2, 0.25) is 0 Å². The van der Waals surface area contributed by atoms with Crippen molar-refractivity contribution in [3.8, 4) is 0 Å². The fourth-order valence-electron chi connectivity index (χ4n) is 1.06. The van der Waals surface area contributed by atoms with Crippen LogP contribution in [0.1, 0.15) is 5.56 Å². The summed E-state index contributed by atoms with van der Waals surface area (Å²) in [6, 6.07) is -0.951. The molecule has 1 aromatic heterocycles. The van der Waals surface area contributed by atoms with Crippen LogP contribution in [0, 0.1) is 6.92 Å². The zero-order valence-electron chi connectivity index (χ0n) is 8.19. The molecule has 7 nitrogen and oxygen atoms in total. The minimum atomic E-state index is -0.951. The standard InChI is InChI=1S/C8H12N4O3/c1-4-2-12(3-5(9)6(10)13)8(15)11-7(4)14/h2,5H,3,9H2,1H3,(H2,10,13)(H,11,14,15). The number of hydrogen-bond acceptors (Lipinski definition) is 4. The molecule has 1 heterocycles. The van der Waals surface area contributed by atoms with E-state index in [4.69, 9.17) is 11.5 Å². The summed E-state index contributed by atoms with van der Waals surface area (Å²) in [6.45, 7) is 1.50. The van der Waals surface area contributed by atoms with Crippen molar-refractivity contribution in [2.24, 2.45) is 11.5 Å². The molecule has 0 fully saturated rings. The molecular weight excluding hydrogens is 200 g/mol. The lowest BCUT2D eigenvalue weighted by molar-refractivity contribution is -0.119. The highest BCUT2D eigenvalue weighted by Crippen LogP contribution is 1.87. The molecule has 82 valence electrons. The van der Waals surface area contributed by atoms with Gasteiger partial charge in [0.2, 0.25) is 5.91 Å². The van der Waals surface area contributed by atoms with E-state index in [1.807, 2.05) is 0 Å². The zero-order valence-corrected chi connectivity index (χ0v) is 8.19. The molecule has 0 spiro atoms. The summed E-state index contributed by atoms with van der Waals surface area (Å²) in [5, 5.41) is 0. The average molecular weight is 212 g/mol. The number of nitrogens with zero attached hydrogens (tertiary/aromatic N) is 1. The van der Waals surface area contributed by atoms with Crippen LogP contribution in [0.25, 0.3) is 0 Å². The third-order valence-corrected chi connectivity index (χ3v) is 1.95. The van der Waals surface area contributed by atoms with Crippen molar-refractivity contribution in [1.82, 2.24) is 9.55 Å². The predicted molar refractivity (Wildman–Crippen MR) is 53.2 cm³/mol. The Labute approximate surface area is 84.7 Å². The Morgan fingerprint density at radius 1 is 1.60 bits per heavy atom. The number of amides is 1. The number of primary amides is 1. The van der Waals surface area contributed by atoms with Crippen LogP contribution in [0.3, 0.4) is 0 Å². The summed E-state index contributed by atoms with van der Waals surface area (Å²) in [5.41, 5.74) is 9.63. The lowest BCUT2D eigenvalue weighted by Gasteiger charge is -2.09. The van der Waals surface area contributed by atoms with Crippen LogP contribution in [-0.4, -0.2) is 21.5 Å². The second-order valence-corrected chi connectivity index (χ2v) is 3.23. The number of carbonyl (C=O) groups excluding carboxylic acids is 1. The van der Waals surface area contributed by atoms with Crippen molar-refractivity contribution in [2.45, 2.75) is 19.5 Å². The van der Waals surface area contributed by atoms with Crippen LogP contribution >= 0.6 is 0 Å². The van der Waals surface area contributed by atoms with E-state index in [0.29, 0.717) is 5.56 Å². The largest absolute Gasteiger partial charge is 0.368 e. The molecule has 1 amide bonds. The minimum absolute atomic E-state index is 0.0498. The lowest BCUT2D eigenvalue weighted by atomic mass is 10.3. The van der Waals surface area contributed by atoms with Gasteiger partial charge in [0.1, 0.15) is 6.04 Å². The molecule has 0 aliphatic heterocycles. The molecule has 0 bridgehead atoms. The van der Waals surface area contributed by atoms with E-state index in [1.54, 1.807) is 6.92 Å². The first-order valence-electron chi connectivity index (χ1n) is 4.27. The van der Waals surface area contributed by atoms with Crippen LogP contribution in [0.4, 0.5) is 0 Å². The second kappa shape index (κ2) is 4.09. The number of hydrogen-bond donors (Lipinski definition) is 3. The Morgan fingerprint density at radius 2 is 2.20 bits per heavy atom. The summed E-state index contributed by atoms with van der Waals surface area (Å²) < 4.78 is 1.14. The van der Waals surface area contributed by atoms with Crippen molar-refractivity contribution in [2.75, 3.05) is 0 Å². The highest BCUT2D eigenvalue weighted by Gasteiger charge is 2.11. The third kappa shape index (κ3) is 2.53. The first-order valence-corrected chi connectivity index (χ1v) is 4.27. The summed E-state index contributed by atoms with van der Waals surface area (Å²) in [6.07, 6.45) is 1.34. The smallest absolute Gasteiger partial charge is 0.328 e. The molecule has 1 atom stereocenters. The number of nitrogens with one attached hydrogen (secondary N) is 1. The molecule has 0 aromatic carbocycles. The zero-order chi connectivity index (χ0) is 11.6. The number of aryl methyl sites for hydroxylation is 1. The molecule has 0 aliphatic rings. The third-order valence-electron chi connectivity index (χ3n) is 1.95. The Bertz CT molecular complexity index is 487. The Morgan fingerprint density at radius 3 is 2.73 bits per heavy atom. The lowest BCUT2D eigenvalue weighted by Crippen LogP contribution is -2.43. The summed E-state index contributed by atoms with van der Waals surface area (Å²) in [4.78, 5) is 35.0. The maximum Gasteiger partial charge on any atom is 0.328 e. The molecule has 1 unspecified atom stereocenters. The van der Waals surface area contributed by atoms with Gasteiger partial charge in [0, 0.05) is 11.8 Å². The SMILES string of the molecule is Cc1cn(CC(N)C(N)=O)c(=O)[nH]c1=O. The van der Waals surface area contributed by atoms with Gasteiger partial charge in [-0.15, -0.1) is 0 Å². The molecule has 7 heteroatoms. The monoisotopic (exact) mass is 212 g/mol. The summed E-state index contributed by atoms with van der Waals surface area (Å²) in [5.74, 6) is -0.703. The van der Waals surface area contributed by atoms with E-state index in [2.05, 4.69) is 4.98 Å². The Kier molecular flexibility index (Phi) is 3.05. The fraction of sp³-hybridized carbons (Fsp3) is 0.375. The molecule has 0 radical (unpaired) electrons. The maximum absolute atomic E-state index is 11.3. The van der Waals surface area contributed by atoms with Crippen molar-refractivity contribution in [3.05, 3.63) is 32.6 Å². The first-order chi connectivity index (χ1) is 6.91. The summed E-state index contributed by atoms with van der Waals surface area (Å²) in [7, 11) is 0. The highest BCUT2D eigenvalue weighted by molar-refractivity contribution is 5.79. The molecule has 15 heavy (non-hydrogen) atoms. The van der Waals surface area contributed by atoms with Gasteiger partial charge in [0.05, 0.1) is 6.54 Å². The van der Waals surface area contributed by atoms with E-state index in [-0.39, 0.29) is 6.54 Å². The quantitative estimate of drug-likeness (QED) is 0.519. The van der Waals surface area contributed by atoms with E-state index in [0.717, 1.165) is 4.57 Å². The van der Waals surface area contributed by atoms with Crippen molar-refractivity contribution in [1.29, 1.82) is 0 Å². The van der Waals surface area contributed by atoms with Gasteiger partial charge in [0.25, 0.3) is 5.56 Å². The van der Waals surface area contributed by atoms with E-state index in [9.17, 15) is 14.4 Å². The molecule has 0 aliphatic carbocycles. The van der Waals surface area contributed by atoms with Crippen LogP contribution < -0.4 is 22.7 Å². The summed E-state index contributed by atoms with van der Waals surface area (Å²) >= 11 is 0. The van der Waals surface area contributed by atoms with Crippen LogP contribution in [-0.2, 0) is 11.3 Å². The number of carbonyl (C=O) groups is 1. The van der Waals surface area contributed by atoms with Gasteiger partial charge in [-0.05, 0) is 6.92 Å². The number of H-pyrrole nitrogens is 1. The maximum atomic E-state index is 11.3. The fourth-order valence-corrected chi connectivity index (χ4v) is 1.06. The molecule has 0 saturated carbocycles.